The third-order valence-electron chi connectivity index (χ3n) is 2.26. The first-order valence-electron chi connectivity index (χ1n) is 5.54. The summed E-state index contributed by atoms with van der Waals surface area (Å²) in [7, 11) is 0. The minimum Gasteiger partial charge on any atom is -0.479 e. The van der Waals surface area contributed by atoms with Crippen LogP contribution in [-0.4, -0.2) is 30.1 Å². The lowest BCUT2D eigenvalue weighted by atomic mass is 10.1. The van der Waals surface area contributed by atoms with Crippen molar-refractivity contribution in [2.24, 2.45) is 0 Å². The summed E-state index contributed by atoms with van der Waals surface area (Å²) in [4.78, 5) is 22.6. The van der Waals surface area contributed by atoms with E-state index in [1.54, 1.807) is 36.4 Å². The van der Waals surface area contributed by atoms with Gasteiger partial charge in [0.15, 0.2) is 6.04 Å². The first-order valence-corrected chi connectivity index (χ1v) is 5.54. The van der Waals surface area contributed by atoms with Crippen LogP contribution < -0.4 is 10.6 Å². The van der Waals surface area contributed by atoms with Crippen LogP contribution in [0.3, 0.4) is 0 Å². The van der Waals surface area contributed by atoms with Crippen LogP contribution in [0.4, 0.5) is 0 Å². The topological polar surface area (TPSA) is 78.4 Å². The van der Waals surface area contributed by atoms with Crippen molar-refractivity contribution in [1.29, 1.82) is 0 Å². The summed E-state index contributed by atoms with van der Waals surface area (Å²) in [5, 5.41) is 14.4. The van der Waals surface area contributed by atoms with E-state index >= 15 is 0 Å². The highest BCUT2D eigenvalue weighted by molar-refractivity contribution is 5.85. The Kier molecular flexibility index (Phi) is 5.60. The molecule has 3 N–H and O–H groups in total. The van der Waals surface area contributed by atoms with E-state index in [1.807, 2.05) is 0 Å². The molecule has 0 unspecified atom stereocenters. The van der Waals surface area contributed by atoms with Gasteiger partial charge >= 0.3 is 5.97 Å². The number of benzene rings is 1. The van der Waals surface area contributed by atoms with E-state index in [0.29, 0.717) is 12.1 Å². The number of carboxylic acid groups (broad SMARTS) is 1. The van der Waals surface area contributed by atoms with Crippen LogP contribution in [0.5, 0.6) is 0 Å². The molecular weight excluding hydrogens is 232 g/mol. The quantitative estimate of drug-likeness (QED) is 0.490. The molecule has 0 saturated heterocycles. The lowest BCUT2D eigenvalue weighted by Crippen LogP contribution is -2.39. The molecule has 0 spiro atoms. The molecule has 0 radical (unpaired) electrons. The summed E-state index contributed by atoms with van der Waals surface area (Å²) in [6.07, 6.45) is 1.62. The van der Waals surface area contributed by atoms with Crippen molar-refractivity contribution in [3.63, 3.8) is 0 Å². The predicted molar refractivity (Wildman–Crippen MR) is 68.0 cm³/mol. The molecule has 0 fully saturated rings. The van der Waals surface area contributed by atoms with Gasteiger partial charge in [0, 0.05) is 6.54 Å². The zero-order chi connectivity index (χ0) is 13.4. The Morgan fingerprint density at radius 1 is 1.33 bits per heavy atom. The van der Waals surface area contributed by atoms with Gasteiger partial charge in [-0.2, -0.15) is 0 Å². The average Bonchev–Trinajstić information content (AvgIpc) is 2.37. The Morgan fingerprint density at radius 3 is 2.56 bits per heavy atom. The van der Waals surface area contributed by atoms with Crippen LogP contribution in [0.1, 0.15) is 11.6 Å². The fourth-order valence-corrected chi connectivity index (χ4v) is 1.43. The van der Waals surface area contributed by atoms with Crippen LogP contribution in [0.15, 0.2) is 43.0 Å². The maximum Gasteiger partial charge on any atom is 0.330 e. The Labute approximate surface area is 106 Å². The number of carbonyl (C=O) groups is 2. The maximum absolute atomic E-state index is 11.5. The van der Waals surface area contributed by atoms with Crippen LogP contribution >= 0.6 is 0 Å². The Hall–Kier alpha value is -2.14. The van der Waals surface area contributed by atoms with Gasteiger partial charge in [0.2, 0.25) is 5.91 Å². The molecule has 96 valence electrons. The molecular formula is C13H16N2O3. The van der Waals surface area contributed by atoms with Crippen LogP contribution in [0, 0.1) is 0 Å². The molecule has 0 aliphatic carbocycles. The number of hydrogen-bond donors (Lipinski definition) is 3. The summed E-state index contributed by atoms with van der Waals surface area (Å²) < 4.78 is 0. The predicted octanol–water partition coefficient (Wildman–Crippen LogP) is 0.704. The molecule has 1 rings (SSSR count). The summed E-state index contributed by atoms with van der Waals surface area (Å²) in [6, 6.07) is 7.55. The second-order valence-electron chi connectivity index (χ2n) is 3.67. The first kappa shape index (κ1) is 13.9. The van der Waals surface area contributed by atoms with Crippen molar-refractivity contribution < 1.29 is 14.7 Å². The smallest absolute Gasteiger partial charge is 0.330 e. The van der Waals surface area contributed by atoms with Gasteiger partial charge in [-0.1, -0.05) is 36.4 Å². The van der Waals surface area contributed by atoms with Crippen molar-refractivity contribution in [3.05, 3.63) is 48.6 Å². The van der Waals surface area contributed by atoms with E-state index < -0.39 is 12.0 Å². The standard InChI is InChI=1S/C13H16N2O3/c1-2-8-14-9-11(16)15-12(13(17)18)10-6-4-3-5-7-10/h2-7,12,14H,1,8-9H2,(H,15,16)(H,17,18)/t12-/m1/s1. The molecule has 0 aliphatic rings. The van der Waals surface area contributed by atoms with Crippen molar-refractivity contribution in [3.8, 4) is 0 Å². The van der Waals surface area contributed by atoms with Gasteiger partial charge in [0.1, 0.15) is 0 Å². The highest BCUT2D eigenvalue weighted by atomic mass is 16.4. The molecule has 5 heteroatoms. The second-order valence-corrected chi connectivity index (χ2v) is 3.67. The molecule has 1 aromatic carbocycles. The second kappa shape index (κ2) is 7.24. The average molecular weight is 248 g/mol. The van der Waals surface area contributed by atoms with Gasteiger partial charge < -0.3 is 15.7 Å². The first-order chi connectivity index (χ1) is 8.65. The Balaban J connectivity index is 2.62. The van der Waals surface area contributed by atoms with E-state index in [-0.39, 0.29) is 12.5 Å². The number of rotatable bonds is 7. The van der Waals surface area contributed by atoms with E-state index in [1.165, 1.54) is 0 Å². The summed E-state index contributed by atoms with van der Waals surface area (Å²) in [6.45, 7) is 4.06. The lowest BCUT2D eigenvalue weighted by molar-refractivity contribution is -0.141. The molecule has 5 nitrogen and oxygen atoms in total. The van der Waals surface area contributed by atoms with Crippen molar-refractivity contribution in [2.45, 2.75) is 6.04 Å². The zero-order valence-corrected chi connectivity index (χ0v) is 9.93. The van der Waals surface area contributed by atoms with Crippen LogP contribution in [0.2, 0.25) is 0 Å². The molecule has 1 aromatic rings. The third kappa shape index (κ3) is 4.39. The fourth-order valence-electron chi connectivity index (χ4n) is 1.43. The van der Waals surface area contributed by atoms with Gasteiger partial charge in [-0.3, -0.25) is 4.79 Å². The number of carbonyl (C=O) groups excluding carboxylic acids is 1. The van der Waals surface area contributed by atoms with Crippen LogP contribution in [-0.2, 0) is 9.59 Å². The Bertz CT molecular complexity index is 418. The normalized spacial score (nSPS) is 11.6. The molecule has 0 aromatic heterocycles. The SMILES string of the molecule is C=CCNCC(=O)N[C@@H](C(=O)O)c1ccccc1. The molecule has 0 bridgehead atoms. The number of hydrogen-bond acceptors (Lipinski definition) is 3. The third-order valence-corrected chi connectivity index (χ3v) is 2.26. The van der Waals surface area contributed by atoms with Gasteiger partial charge in [-0.25, -0.2) is 4.79 Å². The number of carboxylic acids is 1. The fraction of sp³-hybridized carbons (Fsp3) is 0.231. The number of amides is 1. The molecule has 1 atom stereocenters. The molecule has 0 heterocycles. The summed E-state index contributed by atoms with van der Waals surface area (Å²) in [5.74, 6) is -1.45. The molecule has 0 aliphatic heterocycles. The zero-order valence-electron chi connectivity index (χ0n) is 9.93. The molecule has 18 heavy (non-hydrogen) atoms. The van der Waals surface area contributed by atoms with Gasteiger partial charge in [-0.15, -0.1) is 6.58 Å². The van der Waals surface area contributed by atoms with Crippen molar-refractivity contribution in [1.82, 2.24) is 10.6 Å². The number of aliphatic carboxylic acids is 1. The van der Waals surface area contributed by atoms with Gasteiger partial charge in [-0.05, 0) is 5.56 Å². The van der Waals surface area contributed by atoms with Crippen molar-refractivity contribution in [2.75, 3.05) is 13.1 Å². The maximum atomic E-state index is 11.5. The monoisotopic (exact) mass is 248 g/mol. The minimum absolute atomic E-state index is 0.0582. The van der Waals surface area contributed by atoms with Gasteiger partial charge in [0.05, 0.1) is 6.54 Å². The summed E-state index contributed by atoms with van der Waals surface area (Å²) in [5.41, 5.74) is 0.544. The van der Waals surface area contributed by atoms with E-state index in [4.69, 9.17) is 5.11 Å². The highest BCUT2D eigenvalue weighted by Gasteiger charge is 2.21. The minimum atomic E-state index is -1.08. The van der Waals surface area contributed by atoms with E-state index in [0.717, 1.165) is 0 Å². The molecule has 0 saturated carbocycles. The van der Waals surface area contributed by atoms with Gasteiger partial charge in [0.25, 0.3) is 0 Å². The van der Waals surface area contributed by atoms with Crippen molar-refractivity contribution >= 4 is 11.9 Å². The van der Waals surface area contributed by atoms with Crippen LogP contribution in [0.25, 0.3) is 0 Å². The van der Waals surface area contributed by atoms with E-state index in [2.05, 4.69) is 17.2 Å². The Morgan fingerprint density at radius 2 is 2.00 bits per heavy atom. The highest BCUT2D eigenvalue weighted by Crippen LogP contribution is 2.12. The summed E-state index contributed by atoms with van der Waals surface area (Å²) >= 11 is 0. The van der Waals surface area contributed by atoms with E-state index in [9.17, 15) is 9.59 Å². The number of nitrogens with one attached hydrogen (secondary N) is 2. The largest absolute Gasteiger partial charge is 0.479 e. The lowest BCUT2D eigenvalue weighted by Gasteiger charge is -2.14. The molecule has 1 amide bonds.